The van der Waals surface area contributed by atoms with Crippen molar-refractivity contribution in [3.63, 3.8) is 0 Å². The minimum Gasteiger partial charge on any atom is -0.394 e. The molecule has 0 fully saturated rings. The molecule has 1 unspecified atom stereocenters. The molecule has 0 saturated heterocycles. The molecule has 0 saturated carbocycles. The fraction of sp³-hybridized carbons (Fsp3) is 0.308. The molecule has 0 spiro atoms. The number of benzene rings is 1. The normalized spacial score (nSPS) is 13.3. The SMILES string of the molecule is C/C(=C\c1ccc(Cl)cc1)C(=O)NC(C)CO. The molecule has 0 aromatic heterocycles. The van der Waals surface area contributed by atoms with Crippen molar-refractivity contribution in [3.8, 4) is 0 Å². The lowest BCUT2D eigenvalue weighted by Crippen LogP contribution is -2.35. The van der Waals surface area contributed by atoms with E-state index in [0.29, 0.717) is 10.6 Å². The lowest BCUT2D eigenvalue weighted by Gasteiger charge is -2.10. The molecular weight excluding hydrogens is 238 g/mol. The molecule has 92 valence electrons. The van der Waals surface area contributed by atoms with E-state index in [-0.39, 0.29) is 18.6 Å². The molecule has 2 N–H and O–H groups in total. The Morgan fingerprint density at radius 1 is 1.47 bits per heavy atom. The van der Waals surface area contributed by atoms with E-state index < -0.39 is 0 Å². The van der Waals surface area contributed by atoms with Gasteiger partial charge in [0.05, 0.1) is 6.61 Å². The number of rotatable bonds is 4. The van der Waals surface area contributed by atoms with E-state index in [1.807, 2.05) is 12.1 Å². The second kappa shape index (κ2) is 6.42. The number of aliphatic hydroxyl groups excluding tert-OH is 1. The standard InChI is InChI=1S/C13H16ClNO2/c1-9(13(17)15-10(2)8-16)7-11-3-5-12(14)6-4-11/h3-7,10,16H,8H2,1-2H3,(H,15,17)/b9-7+. The molecule has 0 heterocycles. The average Bonchev–Trinajstić information content (AvgIpc) is 2.31. The smallest absolute Gasteiger partial charge is 0.247 e. The van der Waals surface area contributed by atoms with Crippen LogP contribution in [0.25, 0.3) is 6.08 Å². The Balaban J connectivity index is 2.71. The minimum absolute atomic E-state index is 0.0695. The summed E-state index contributed by atoms with van der Waals surface area (Å²) in [6, 6.07) is 6.99. The van der Waals surface area contributed by atoms with Crippen molar-refractivity contribution in [3.05, 3.63) is 40.4 Å². The number of aliphatic hydroxyl groups is 1. The molecule has 17 heavy (non-hydrogen) atoms. The third-order valence-corrected chi connectivity index (χ3v) is 2.51. The first-order valence-electron chi connectivity index (χ1n) is 5.38. The Morgan fingerprint density at radius 3 is 2.59 bits per heavy atom. The molecule has 4 heteroatoms. The summed E-state index contributed by atoms with van der Waals surface area (Å²) < 4.78 is 0. The average molecular weight is 254 g/mol. The van der Waals surface area contributed by atoms with Gasteiger partial charge in [0, 0.05) is 16.6 Å². The Hall–Kier alpha value is -1.32. The number of carbonyl (C=O) groups is 1. The molecule has 0 bridgehead atoms. The molecule has 1 rings (SSSR count). The Morgan fingerprint density at radius 2 is 2.06 bits per heavy atom. The molecule has 1 atom stereocenters. The van der Waals surface area contributed by atoms with Crippen LogP contribution in [0.4, 0.5) is 0 Å². The van der Waals surface area contributed by atoms with E-state index in [2.05, 4.69) is 5.32 Å². The number of hydrogen-bond donors (Lipinski definition) is 2. The minimum atomic E-state index is -0.240. The summed E-state index contributed by atoms with van der Waals surface area (Å²) >= 11 is 5.77. The molecule has 3 nitrogen and oxygen atoms in total. The van der Waals surface area contributed by atoms with Crippen molar-refractivity contribution in [2.45, 2.75) is 19.9 Å². The summed E-state index contributed by atoms with van der Waals surface area (Å²) in [5, 5.41) is 12.2. The third-order valence-electron chi connectivity index (χ3n) is 2.26. The predicted molar refractivity (Wildman–Crippen MR) is 69.8 cm³/mol. The van der Waals surface area contributed by atoms with E-state index in [1.165, 1.54) is 0 Å². The number of halogens is 1. The fourth-order valence-corrected chi connectivity index (χ4v) is 1.38. The van der Waals surface area contributed by atoms with Gasteiger partial charge < -0.3 is 10.4 Å². The number of nitrogens with one attached hydrogen (secondary N) is 1. The van der Waals surface area contributed by atoms with Gasteiger partial charge >= 0.3 is 0 Å². The van der Waals surface area contributed by atoms with Crippen molar-refractivity contribution < 1.29 is 9.90 Å². The zero-order valence-corrected chi connectivity index (χ0v) is 10.7. The van der Waals surface area contributed by atoms with E-state index in [9.17, 15) is 4.79 Å². The van der Waals surface area contributed by atoms with E-state index in [1.54, 1.807) is 32.1 Å². The first-order valence-corrected chi connectivity index (χ1v) is 5.76. The zero-order chi connectivity index (χ0) is 12.8. The lowest BCUT2D eigenvalue weighted by molar-refractivity contribution is -0.118. The van der Waals surface area contributed by atoms with Crippen LogP contribution in [0.3, 0.4) is 0 Å². The Labute approximate surface area is 106 Å². The molecule has 1 aromatic carbocycles. The van der Waals surface area contributed by atoms with Crippen LogP contribution in [0.5, 0.6) is 0 Å². The van der Waals surface area contributed by atoms with Crippen molar-refractivity contribution >= 4 is 23.6 Å². The van der Waals surface area contributed by atoms with Gasteiger partial charge in [-0.05, 0) is 37.6 Å². The maximum absolute atomic E-state index is 11.7. The lowest BCUT2D eigenvalue weighted by atomic mass is 10.1. The summed E-state index contributed by atoms with van der Waals surface area (Å²) in [5.41, 5.74) is 1.51. The summed E-state index contributed by atoms with van der Waals surface area (Å²) in [6.45, 7) is 3.40. The highest BCUT2D eigenvalue weighted by atomic mass is 35.5. The van der Waals surface area contributed by atoms with E-state index in [0.717, 1.165) is 5.56 Å². The number of amides is 1. The second-order valence-electron chi connectivity index (χ2n) is 3.94. The highest BCUT2D eigenvalue weighted by molar-refractivity contribution is 6.30. The largest absolute Gasteiger partial charge is 0.394 e. The molecule has 0 radical (unpaired) electrons. The zero-order valence-electron chi connectivity index (χ0n) is 9.90. The van der Waals surface area contributed by atoms with Crippen LogP contribution in [0.2, 0.25) is 5.02 Å². The van der Waals surface area contributed by atoms with Crippen LogP contribution in [-0.2, 0) is 4.79 Å². The van der Waals surface area contributed by atoms with Crippen molar-refractivity contribution in [2.75, 3.05) is 6.61 Å². The van der Waals surface area contributed by atoms with Gasteiger partial charge in [0.2, 0.25) is 5.91 Å². The van der Waals surface area contributed by atoms with Gasteiger partial charge in [0.15, 0.2) is 0 Å². The molecule has 0 aliphatic heterocycles. The monoisotopic (exact) mass is 253 g/mol. The van der Waals surface area contributed by atoms with Crippen LogP contribution in [-0.4, -0.2) is 23.7 Å². The highest BCUT2D eigenvalue weighted by Crippen LogP contribution is 2.12. The summed E-state index contributed by atoms with van der Waals surface area (Å²) in [4.78, 5) is 11.7. The van der Waals surface area contributed by atoms with Gasteiger partial charge in [0.1, 0.15) is 0 Å². The third kappa shape index (κ3) is 4.59. The summed E-state index contributed by atoms with van der Waals surface area (Å²) in [5.74, 6) is -0.179. The van der Waals surface area contributed by atoms with Gasteiger partial charge in [-0.3, -0.25) is 4.79 Å². The molecule has 1 aromatic rings. The van der Waals surface area contributed by atoms with Crippen LogP contribution in [0, 0.1) is 0 Å². The van der Waals surface area contributed by atoms with Crippen LogP contribution < -0.4 is 5.32 Å². The Kier molecular flexibility index (Phi) is 5.19. The quantitative estimate of drug-likeness (QED) is 0.809. The maximum atomic E-state index is 11.7. The summed E-state index contributed by atoms with van der Waals surface area (Å²) in [7, 11) is 0. The van der Waals surface area contributed by atoms with Gasteiger partial charge in [-0.2, -0.15) is 0 Å². The Bertz CT molecular complexity index is 412. The highest BCUT2D eigenvalue weighted by Gasteiger charge is 2.07. The van der Waals surface area contributed by atoms with Crippen molar-refractivity contribution in [1.82, 2.24) is 5.32 Å². The predicted octanol–water partition coefficient (Wildman–Crippen LogP) is 2.24. The molecule has 0 aliphatic carbocycles. The van der Waals surface area contributed by atoms with Crippen LogP contribution >= 0.6 is 11.6 Å². The van der Waals surface area contributed by atoms with Gasteiger partial charge in [-0.15, -0.1) is 0 Å². The number of hydrogen-bond acceptors (Lipinski definition) is 2. The number of carbonyl (C=O) groups excluding carboxylic acids is 1. The van der Waals surface area contributed by atoms with Crippen LogP contribution in [0.15, 0.2) is 29.8 Å². The topological polar surface area (TPSA) is 49.3 Å². The molecular formula is C13H16ClNO2. The first kappa shape index (κ1) is 13.7. The maximum Gasteiger partial charge on any atom is 0.247 e. The van der Waals surface area contributed by atoms with Crippen molar-refractivity contribution in [2.24, 2.45) is 0 Å². The molecule has 0 aliphatic rings. The summed E-state index contributed by atoms with van der Waals surface area (Å²) in [6.07, 6.45) is 1.77. The van der Waals surface area contributed by atoms with E-state index in [4.69, 9.17) is 16.7 Å². The first-order chi connectivity index (χ1) is 8.02. The fourth-order valence-electron chi connectivity index (χ4n) is 1.26. The second-order valence-corrected chi connectivity index (χ2v) is 4.37. The molecule has 1 amide bonds. The van der Waals surface area contributed by atoms with Crippen molar-refractivity contribution in [1.29, 1.82) is 0 Å². The van der Waals surface area contributed by atoms with Gasteiger partial charge in [0.25, 0.3) is 0 Å². The van der Waals surface area contributed by atoms with Crippen LogP contribution in [0.1, 0.15) is 19.4 Å². The van der Waals surface area contributed by atoms with Gasteiger partial charge in [-0.25, -0.2) is 0 Å². The van der Waals surface area contributed by atoms with E-state index >= 15 is 0 Å². The van der Waals surface area contributed by atoms with Gasteiger partial charge in [-0.1, -0.05) is 23.7 Å².